The number of carbonyl (C=O) groups is 1. The number of alkyl halides is 1. The monoisotopic (exact) mass is 318 g/mol. The molecule has 0 heterocycles. The lowest BCUT2D eigenvalue weighted by atomic mass is 10.3. The smallest absolute Gasteiger partial charge is 0.421 e. The summed E-state index contributed by atoms with van der Waals surface area (Å²) in [4.78, 5) is 10.7. The van der Waals surface area contributed by atoms with E-state index in [0.717, 1.165) is 7.11 Å². The fourth-order valence-electron chi connectivity index (χ4n) is 0.802. The molecule has 0 aliphatic carbocycles. The van der Waals surface area contributed by atoms with E-state index in [1.165, 1.54) is 0 Å². The van der Waals surface area contributed by atoms with Crippen molar-refractivity contribution in [1.82, 2.24) is 9.44 Å². The molecule has 0 fully saturated rings. The summed E-state index contributed by atoms with van der Waals surface area (Å²) < 4.78 is 35.2. The van der Waals surface area contributed by atoms with Crippen molar-refractivity contribution in [2.24, 2.45) is 0 Å². The number of carbonyl (C=O) groups excluding carboxylic acids is 1. The van der Waals surface area contributed by atoms with E-state index >= 15 is 0 Å². The molecule has 9 heteroatoms. The fraction of sp³-hybridized carbons (Fsp3) is 0.857. The minimum atomic E-state index is -3.84. The third kappa shape index (κ3) is 7.85. The van der Waals surface area contributed by atoms with E-state index in [1.807, 2.05) is 0 Å². The van der Waals surface area contributed by atoms with Gasteiger partial charge in [-0.05, 0) is 6.42 Å². The third-order valence-electron chi connectivity index (χ3n) is 1.50. The molecule has 0 radical (unpaired) electrons. The number of hydrogen-bond donors (Lipinski definition) is 2. The fourth-order valence-corrected chi connectivity index (χ4v) is 2.06. The Labute approximate surface area is 103 Å². The van der Waals surface area contributed by atoms with E-state index in [1.54, 1.807) is 11.8 Å². The van der Waals surface area contributed by atoms with Crippen molar-refractivity contribution in [3.8, 4) is 0 Å². The first-order valence-electron chi connectivity index (χ1n) is 4.39. The first kappa shape index (κ1) is 15.6. The molecule has 0 aliphatic heterocycles. The van der Waals surface area contributed by atoms with Gasteiger partial charge in [-0.2, -0.15) is 13.1 Å². The molecule has 1 unspecified atom stereocenters. The highest BCUT2D eigenvalue weighted by Crippen LogP contribution is 2.03. The number of amides is 1. The Hall–Kier alpha value is -0.380. The van der Waals surface area contributed by atoms with Gasteiger partial charge in [-0.15, -0.1) is 0 Å². The highest BCUT2D eigenvalue weighted by atomic mass is 79.9. The van der Waals surface area contributed by atoms with Gasteiger partial charge >= 0.3 is 16.3 Å². The average molecular weight is 319 g/mol. The Morgan fingerprint density at radius 1 is 1.44 bits per heavy atom. The summed E-state index contributed by atoms with van der Waals surface area (Å²) in [6.45, 7) is 0.664. The van der Waals surface area contributed by atoms with Gasteiger partial charge in [0.2, 0.25) is 0 Å². The maximum atomic E-state index is 11.2. The van der Waals surface area contributed by atoms with E-state index in [-0.39, 0.29) is 11.4 Å². The van der Waals surface area contributed by atoms with Crippen molar-refractivity contribution in [1.29, 1.82) is 0 Å². The maximum Gasteiger partial charge on any atom is 0.421 e. The summed E-state index contributed by atoms with van der Waals surface area (Å²) in [6, 6.07) is 0. The van der Waals surface area contributed by atoms with Crippen LogP contribution in [0.5, 0.6) is 0 Å². The van der Waals surface area contributed by atoms with Crippen LogP contribution in [-0.4, -0.2) is 46.7 Å². The van der Waals surface area contributed by atoms with E-state index in [0.29, 0.717) is 13.0 Å². The van der Waals surface area contributed by atoms with Crippen LogP contribution in [0.4, 0.5) is 4.79 Å². The minimum Gasteiger partial charge on any atom is -0.452 e. The molecule has 1 amide bonds. The first-order chi connectivity index (χ1) is 7.41. The molecule has 0 saturated heterocycles. The second kappa shape index (κ2) is 7.82. The normalized spacial score (nSPS) is 13.2. The molecule has 0 bridgehead atoms. The molecule has 7 nitrogen and oxygen atoms in total. The zero-order valence-electron chi connectivity index (χ0n) is 9.03. The van der Waals surface area contributed by atoms with Gasteiger partial charge in [-0.1, -0.05) is 15.9 Å². The second-order valence-electron chi connectivity index (χ2n) is 2.83. The van der Waals surface area contributed by atoms with Crippen LogP contribution < -0.4 is 9.44 Å². The van der Waals surface area contributed by atoms with E-state index in [9.17, 15) is 13.2 Å². The molecular formula is C7H15BrN2O5S. The number of halogens is 1. The molecule has 0 aromatic carbocycles. The maximum absolute atomic E-state index is 11.2. The number of methoxy groups -OCH3 is 2. The molecule has 0 aliphatic rings. The van der Waals surface area contributed by atoms with Gasteiger partial charge in [0.25, 0.3) is 0 Å². The topological polar surface area (TPSA) is 93.7 Å². The molecule has 16 heavy (non-hydrogen) atoms. The van der Waals surface area contributed by atoms with Crippen LogP contribution in [0, 0.1) is 0 Å². The van der Waals surface area contributed by atoms with Gasteiger partial charge in [-0.25, -0.2) is 9.52 Å². The zero-order chi connectivity index (χ0) is 12.6. The van der Waals surface area contributed by atoms with Gasteiger partial charge in [0.1, 0.15) is 0 Å². The number of hydrogen-bond acceptors (Lipinski definition) is 5. The zero-order valence-corrected chi connectivity index (χ0v) is 11.4. The average Bonchev–Trinajstić information content (AvgIpc) is 2.16. The van der Waals surface area contributed by atoms with Gasteiger partial charge in [0.05, 0.1) is 13.7 Å². The van der Waals surface area contributed by atoms with Crippen molar-refractivity contribution in [2.45, 2.75) is 11.2 Å². The molecule has 0 rings (SSSR count). The largest absolute Gasteiger partial charge is 0.452 e. The van der Waals surface area contributed by atoms with Gasteiger partial charge in [-0.3, -0.25) is 0 Å². The summed E-state index contributed by atoms with van der Waals surface area (Å²) in [6.07, 6.45) is -0.490. The van der Waals surface area contributed by atoms with Crippen LogP contribution in [0.15, 0.2) is 0 Å². The highest BCUT2D eigenvalue weighted by Gasteiger charge is 2.14. The van der Waals surface area contributed by atoms with Crippen LogP contribution in [-0.2, 0) is 19.7 Å². The Bertz CT molecular complexity index is 308. The Morgan fingerprint density at radius 2 is 2.06 bits per heavy atom. The van der Waals surface area contributed by atoms with Gasteiger partial charge in [0.15, 0.2) is 0 Å². The quantitative estimate of drug-likeness (QED) is 0.643. The minimum absolute atomic E-state index is 0.0540. The summed E-state index contributed by atoms with van der Waals surface area (Å²) in [7, 11) is -1.21. The number of ether oxygens (including phenoxy) is 2. The van der Waals surface area contributed by atoms with Crippen LogP contribution in [0.1, 0.15) is 6.42 Å². The number of rotatable bonds is 7. The Balaban J connectivity index is 3.87. The third-order valence-corrected chi connectivity index (χ3v) is 3.24. The summed E-state index contributed by atoms with van der Waals surface area (Å²) >= 11 is 3.30. The van der Waals surface area contributed by atoms with Crippen molar-refractivity contribution >= 4 is 32.2 Å². The van der Waals surface area contributed by atoms with E-state index in [2.05, 4.69) is 25.4 Å². The summed E-state index contributed by atoms with van der Waals surface area (Å²) in [5, 5.41) is 0. The second-order valence-corrected chi connectivity index (χ2v) is 5.63. The standard InChI is InChI=1S/C7H15BrN2O5S/c1-14-5-6(8)3-4-9-16(12,13)10-7(11)15-2/h6,9H,3-5H2,1-2H3,(H,10,11). The van der Waals surface area contributed by atoms with Gasteiger partial charge in [0, 0.05) is 18.5 Å². The van der Waals surface area contributed by atoms with Crippen LogP contribution in [0.2, 0.25) is 0 Å². The Morgan fingerprint density at radius 3 is 2.56 bits per heavy atom. The van der Waals surface area contributed by atoms with Crippen molar-refractivity contribution in [3.63, 3.8) is 0 Å². The molecule has 96 valence electrons. The highest BCUT2D eigenvalue weighted by molar-refractivity contribution is 9.09. The SMILES string of the molecule is COCC(Br)CCNS(=O)(=O)NC(=O)OC. The van der Waals surface area contributed by atoms with E-state index in [4.69, 9.17) is 4.74 Å². The predicted molar refractivity (Wildman–Crippen MR) is 61.7 cm³/mol. The lowest BCUT2D eigenvalue weighted by Crippen LogP contribution is -2.41. The lowest BCUT2D eigenvalue weighted by Gasteiger charge is -2.10. The molecule has 0 spiro atoms. The molecular weight excluding hydrogens is 304 g/mol. The van der Waals surface area contributed by atoms with E-state index < -0.39 is 16.3 Å². The summed E-state index contributed by atoms with van der Waals surface area (Å²) in [5.74, 6) is 0. The predicted octanol–water partition coefficient (Wildman–Crippen LogP) is -0.0232. The van der Waals surface area contributed by atoms with Crippen molar-refractivity contribution in [2.75, 3.05) is 27.4 Å². The number of nitrogens with one attached hydrogen (secondary N) is 2. The molecule has 0 saturated carbocycles. The molecule has 0 aromatic rings. The van der Waals surface area contributed by atoms with Crippen LogP contribution >= 0.6 is 15.9 Å². The van der Waals surface area contributed by atoms with Crippen molar-refractivity contribution < 1.29 is 22.7 Å². The van der Waals surface area contributed by atoms with Crippen LogP contribution in [0.25, 0.3) is 0 Å². The molecule has 2 N–H and O–H groups in total. The molecule has 1 atom stereocenters. The first-order valence-corrected chi connectivity index (χ1v) is 6.79. The summed E-state index contributed by atoms with van der Waals surface area (Å²) in [5.41, 5.74) is 0. The van der Waals surface area contributed by atoms with Crippen LogP contribution in [0.3, 0.4) is 0 Å². The molecule has 0 aromatic heterocycles. The van der Waals surface area contributed by atoms with Gasteiger partial charge < -0.3 is 9.47 Å². The lowest BCUT2D eigenvalue weighted by molar-refractivity contribution is 0.177. The van der Waals surface area contributed by atoms with Crippen molar-refractivity contribution in [3.05, 3.63) is 0 Å². The Kier molecular flexibility index (Phi) is 7.64.